The van der Waals surface area contributed by atoms with Crippen molar-refractivity contribution >= 4 is 29.0 Å². The topological polar surface area (TPSA) is 72.1 Å². The standard InChI is InChI=1S/C18H19FN4O2S2/c1-3-23(9-13-5-4-6-14(19)7-13)17(24)11-27-18-22-21-16(25-18)8-15-10-26-12(2)20-15/h4-7,10H,3,8-9,11H2,1-2H3. The molecule has 2 aromatic heterocycles. The Kier molecular flexibility index (Phi) is 6.57. The van der Waals surface area contributed by atoms with Crippen molar-refractivity contribution in [2.75, 3.05) is 12.3 Å². The lowest BCUT2D eigenvalue weighted by molar-refractivity contribution is -0.128. The fourth-order valence-corrected chi connectivity index (χ4v) is 3.75. The van der Waals surface area contributed by atoms with E-state index in [4.69, 9.17) is 4.42 Å². The first kappa shape index (κ1) is 19.5. The van der Waals surface area contributed by atoms with E-state index in [1.54, 1.807) is 28.4 Å². The highest BCUT2D eigenvalue weighted by Gasteiger charge is 2.16. The maximum Gasteiger partial charge on any atom is 0.277 e. The minimum absolute atomic E-state index is 0.0679. The summed E-state index contributed by atoms with van der Waals surface area (Å²) in [5.74, 6) is 0.281. The van der Waals surface area contributed by atoms with E-state index in [-0.39, 0.29) is 17.5 Å². The summed E-state index contributed by atoms with van der Waals surface area (Å²) in [5, 5.41) is 11.3. The van der Waals surface area contributed by atoms with Crippen molar-refractivity contribution in [2.45, 2.75) is 32.0 Å². The molecule has 3 rings (SSSR count). The number of thiazole rings is 1. The van der Waals surface area contributed by atoms with Crippen molar-refractivity contribution < 1.29 is 13.6 Å². The maximum atomic E-state index is 13.3. The number of nitrogens with zero attached hydrogens (tertiary/aromatic N) is 4. The molecule has 0 aliphatic carbocycles. The quantitative estimate of drug-likeness (QED) is 0.531. The molecule has 0 fully saturated rings. The van der Waals surface area contributed by atoms with Gasteiger partial charge in [0, 0.05) is 18.5 Å². The molecule has 0 aliphatic heterocycles. The van der Waals surface area contributed by atoms with Crippen LogP contribution < -0.4 is 0 Å². The molecule has 6 nitrogen and oxygen atoms in total. The predicted molar refractivity (Wildman–Crippen MR) is 102 cm³/mol. The van der Waals surface area contributed by atoms with Gasteiger partial charge in [0.15, 0.2) is 0 Å². The summed E-state index contributed by atoms with van der Waals surface area (Å²) in [6.07, 6.45) is 0.479. The van der Waals surface area contributed by atoms with Gasteiger partial charge in [-0.3, -0.25) is 4.79 Å². The molecule has 0 bridgehead atoms. The molecule has 142 valence electrons. The summed E-state index contributed by atoms with van der Waals surface area (Å²) < 4.78 is 18.9. The number of thioether (sulfide) groups is 1. The largest absolute Gasteiger partial charge is 0.416 e. The molecule has 0 saturated carbocycles. The molecule has 0 atom stereocenters. The molecular formula is C18H19FN4O2S2. The van der Waals surface area contributed by atoms with Gasteiger partial charge >= 0.3 is 0 Å². The van der Waals surface area contributed by atoms with Crippen molar-refractivity contribution in [1.29, 1.82) is 0 Å². The maximum absolute atomic E-state index is 13.3. The molecule has 0 aliphatic rings. The van der Waals surface area contributed by atoms with Crippen LogP contribution in [0.5, 0.6) is 0 Å². The minimum atomic E-state index is -0.306. The summed E-state index contributed by atoms with van der Waals surface area (Å²) in [6.45, 7) is 4.74. The average Bonchev–Trinajstić information content (AvgIpc) is 3.26. The molecule has 3 aromatic rings. The highest BCUT2D eigenvalue weighted by Crippen LogP contribution is 2.19. The summed E-state index contributed by atoms with van der Waals surface area (Å²) >= 11 is 2.77. The summed E-state index contributed by atoms with van der Waals surface area (Å²) in [4.78, 5) is 18.5. The van der Waals surface area contributed by atoms with Gasteiger partial charge in [0.05, 0.1) is 22.9 Å². The monoisotopic (exact) mass is 406 g/mol. The van der Waals surface area contributed by atoms with Crippen molar-refractivity contribution in [1.82, 2.24) is 20.1 Å². The molecule has 0 N–H and O–H groups in total. The van der Waals surface area contributed by atoms with Crippen LogP contribution >= 0.6 is 23.1 Å². The molecule has 1 amide bonds. The molecule has 9 heteroatoms. The number of aryl methyl sites for hydroxylation is 1. The van der Waals surface area contributed by atoms with Gasteiger partial charge in [0.25, 0.3) is 5.22 Å². The van der Waals surface area contributed by atoms with Crippen LogP contribution in [0.3, 0.4) is 0 Å². The predicted octanol–water partition coefficient (Wildman–Crippen LogP) is 3.71. The Bertz CT molecular complexity index is 912. The Labute approximate surface area is 164 Å². The van der Waals surface area contributed by atoms with E-state index >= 15 is 0 Å². The first-order valence-corrected chi connectivity index (χ1v) is 10.3. The zero-order valence-electron chi connectivity index (χ0n) is 15.0. The Morgan fingerprint density at radius 1 is 1.37 bits per heavy atom. The zero-order chi connectivity index (χ0) is 19.2. The van der Waals surface area contributed by atoms with Gasteiger partial charge in [-0.15, -0.1) is 21.5 Å². The van der Waals surface area contributed by atoms with Crippen molar-refractivity contribution in [3.63, 3.8) is 0 Å². The summed E-state index contributed by atoms with van der Waals surface area (Å²) in [5.41, 5.74) is 1.65. The Hall–Kier alpha value is -2.26. The van der Waals surface area contributed by atoms with Crippen LogP contribution in [-0.2, 0) is 17.8 Å². The molecule has 0 unspecified atom stereocenters. The fourth-order valence-electron chi connectivity index (χ4n) is 2.46. The third-order valence-corrected chi connectivity index (χ3v) is 5.39. The van der Waals surface area contributed by atoms with Crippen molar-refractivity contribution in [3.05, 3.63) is 57.6 Å². The molecular weight excluding hydrogens is 387 g/mol. The third kappa shape index (κ3) is 5.61. The van der Waals surface area contributed by atoms with Gasteiger partial charge in [-0.1, -0.05) is 23.9 Å². The number of aromatic nitrogens is 3. The second-order valence-corrected chi connectivity index (χ2v) is 7.81. The summed E-state index contributed by atoms with van der Waals surface area (Å²) in [7, 11) is 0. The highest BCUT2D eigenvalue weighted by molar-refractivity contribution is 7.99. The average molecular weight is 407 g/mol. The van der Waals surface area contributed by atoms with Crippen LogP contribution in [0, 0.1) is 12.7 Å². The van der Waals surface area contributed by atoms with Gasteiger partial charge in [-0.05, 0) is 31.5 Å². The van der Waals surface area contributed by atoms with Gasteiger partial charge in [0.2, 0.25) is 11.8 Å². The normalized spacial score (nSPS) is 10.9. The van der Waals surface area contributed by atoms with E-state index < -0.39 is 0 Å². The number of amides is 1. The number of hydrogen-bond donors (Lipinski definition) is 0. The lowest BCUT2D eigenvalue weighted by Gasteiger charge is -2.20. The Morgan fingerprint density at radius 3 is 2.93 bits per heavy atom. The molecule has 0 radical (unpaired) electrons. The van der Waals surface area contributed by atoms with E-state index in [1.165, 1.54) is 23.9 Å². The zero-order valence-corrected chi connectivity index (χ0v) is 16.6. The number of benzene rings is 1. The third-order valence-electron chi connectivity index (χ3n) is 3.76. The lowest BCUT2D eigenvalue weighted by Crippen LogP contribution is -2.31. The smallest absolute Gasteiger partial charge is 0.277 e. The van der Waals surface area contributed by atoms with Gasteiger partial charge in [-0.25, -0.2) is 9.37 Å². The molecule has 1 aromatic carbocycles. The van der Waals surface area contributed by atoms with E-state index in [0.29, 0.717) is 30.6 Å². The molecule has 0 saturated heterocycles. The number of hydrogen-bond acceptors (Lipinski definition) is 7. The lowest BCUT2D eigenvalue weighted by atomic mass is 10.2. The van der Waals surface area contributed by atoms with Gasteiger partial charge in [0.1, 0.15) is 5.82 Å². The first-order chi connectivity index (χ1) is 13.0. The van der Waals surface area contributed by atoms with Crippen LogP contribution in [0.2, 0.25) is 0 Å². The van der Waals surface area contributed by atoms with Crippen molar-refractivity contribution in [3.8, 4) is 0 Å². The number of halogens is 1. The fraction of sp³-hybridized carbons (Fsp3) is 0.333. The van der Waals surface area contributed by atoms with Gasteiger partial charge < -0.3 is 9.32 Å². The Morgan fingerprint density at radius 2 is 2.22 bits per heavy atom. The molecule has 27 heavy (non-hydrogen) atoms. The summed E-state index contributed by atoms with van der Waals surface area (Å²) in [6, 6.07) is 6.27. The molecule has 0 spiro atoms. The van der Waals surface area contributed by atoms with Crippen LogP contribution in [0.1, 0.15) is 29.1 Å². The first-order valence-electron chi connectivity index (χ1n) is 8.42. The Balaban J connectivity index is 1.53. The number of carbonyl (C=O) groups is 1. The van der Waals surface area contributed by atoms with E-state index in [1.807, 2.05) is 19.2 Å². The second kappa shape index (κ2) is 9.09. The van der Waals surface area contributed by atoms with E-state index in [9.17, 15) is 9.18 Å². The van der Waals surface area contributed by atoms with E-state index in [0.717, 1.165) is 16.3 Å². The SMILES string of the molecule is CCN(Cc1cccc(F)c1)C(=O)CSc1nnc(Cc2csc(C)n2)o1. The van der Waals surface area contributed by atoms with Gasteiger partial charge in [-0.2, -0.15) is 0 Å². The molecule has 2 heterocycles. The number of rotatable bonds is 8. The minimum Gasteiger partial charge on any atom is -0.416 e. The van der Waals surface area contributed by atoms with Crippen LogP contribution in [0.4, 0.5) is 4.39 Å². The van der Waals surface area contributed by atoms with Crippen LogP contribution in [0.15, 0.2) is 39.3 Å². The van der Waals surface area contributed by atoms with Crippen LogP contribution in [0.25, 0.3) is 0 Å². The highest BCUT2D eigenvalue weighted by atomic mass is 32.2. The van der Waals surface area contributed by atoms with Crippen LogP contribution in [-0.4, -0.2) is 38.3 Å². The van der Waals surface area contributed by atoms with E-state index in [2.05, 4.69) is 15.2 Å². The van der Waals surface area contributed by atoms with Crippen molar-refractivity contribution in [2.24, 2.45) is 0 Å². The number of carbonyl (C=O) groups excluding carboxylic acids is 1. The second-order valence-electron chi connectivity index (χ2n) is 5.82.